The van der Waals surface area contributed by atoms with Crippen molar-refractivity contribution >= 4 is 35.3 Å². The highest BCUT2D eigenvalue weighted by Gasteiger charge is 2.45. The summed E-state index contributed by atoms with van der Waals surface area (Å²) in [5.74, 6) is 2.37. The average molecular weight is 451 g/mol. The maximum absolute atomic E-state index is 12.6. The Morgan fingerprint density at radius 2 is 1.80 bits per heavy atom. The lowest BCUT2D eigenvalue weighted by Crippen LogP contribution is -2.40. The van der Waals surface area contributed by atoms with Crippen LogP contribution in [0.3, 0.4) is 0 Å². The highest BCUT2D eigenvalue weighted by Crippen LogP contribution is 2.54. The van der Waals surface area contributed by atoms with E-state index in [-0.39, 0.29) is 21.7 Å². The standard InChI is InChI=1S/C25H38O3S2/c1-8-9-11-20(6)12-13-21(24(27)28-7)17-25(29-14-10-15-30-25)22(18(2)3)16-23(26)19(4)5/h8,12-13,18,22H,1,4,9-11,14-17H2,2-3,5-7H3/b20-12+,21-13+/t22-/m0/s1. The first-order valence-corrected chi connectivity index (χ1v) is 12.7. The van der Waals surface area contributed by atoms with Gasteiger partial charge in [-0.1, -0.05) is 44.2 Å². The molecule has 5 heteroatoms. The quantitative estimate of drug-likeness (QED) is 0.142. The predicted molar refractivity (Wildman–Crippen MR) is 133 cm³/mol. The highest BCUT2D eigenvalue weighted by atomic mass is 32.2. The second-order valence-corrected chi connectivity index (χ2v) is 11.4. The molecule has 1 fully saturated rings. The van der Waals surface area contributed by atoms with Gasteiger partial charge in [-0.3, -0.25) is 4.79 Å². The Morgan fingerprint density at radius 1 is 1.17 bits per heavy atom. The Bertz CT molecular complexity index is 683. The fourth-order valence-corrected chi connectivity index (χ4v) is 7.50. The predicted octanol–water partition coefficient (Wildman–Crippen LogP) is 6.76. The van der Waals surface area contributed by atoms with Crippen molar-refractivity contribution in [1.82, 2.24) is 0 Å². The van der Waals surface area contributed by atoms with Crippen molar-refractivity contribution in [3.63, 3.8) is 0 Å². The molecule has 1 rings (SSSR count). The number of hydrogen-bond acceptors (Lipinski definition) is 5. The Kier molecular flexibility index (Phi) is 11.9. The van der Waals surface area contributed by atoms with E-state index < -0.39 is 0 Å². The van der Waals surface area contributed by atoms with E-state index in [2.05, 4.69) is 33.9 Å². The smallest absolute Gasteiger partial charge is 0.333 e. The topological polar surface area (TPSA) is 43.4 Å². The number of carbonyl (C=O) groups is 2. The summed E-state index contributed by atoms with van der Waals surface area (Å²) in [6, 6.07) is 0. The monoisotopic (exact) mass is 450 g/mol. The second kappa shape index (κ2) is 13.3. The Hall–Kier alpha value is -1.20. The number of esters is 1. The van der Waals surface area contributed by atoms with Crippen LogP contribution in [-0.2, 0) is 14.3 Å². The molecule has 3 nitrogen and oxygen atoms in total. The first kappa shape index (κ1) is 26.8. The third kappa shape index (κ3) is 8.14. The molecule has 0 amide bonds. The number of methoxy groups -OCH3 is 1. The van der Waals surface area contributed by atoms with Crippen molar-refractivity contribution in [2.75, 3.05) is 18.6 Å². The van der Waals surface area contributed by atoms with Gasteiger partial charge < -0.3 is 4.74 Å². The number of allylic oxidation sites excluding steroid dienone is 5. The lowest BCUT2D eigenvalue weighted by Gasteiger charge is -2.44. The minimum Gasteiger partial charge on any atom is -0.466 e. The molecular weight excluding hydrogens is 412 g/mol. The van der Waals surface area contributed by atoms with Gasteiger partial charge in [0.25, 0.3) is 0 Å². The van der Waals surface area contributed by atoms with Gasteiger partial charge in [0.05, 0.1) is 11.2 Å². The molecule has 0 N–H and O–H groups in total. The third-order valence-electron chi connectivity index (χ3n) is 5.43. The summed E-state index contributed by atoms with van der Waals surface area (Å²) in [4.78, 5) is 25.2. The maximum Gasteiger partial charge on any atom is 0.333 e. The third-order valence-corrected chi connectivity index (χ3v) is 8.99. The first-order valence-electron chi connectivity index (χ1n) is 10.7. The summed E-state index contributed by atoms with van der Waals surface area (Å²) in [5.41, 5.74) is 2.48. The Labute approximate surface area is 191 Å². The van der Waals surface area contributed by atoms with Crippen molar-refractivity contribution in [3.05, 3.63) is 48.1 Å². The fourth-order valence-electron chi connectivity index (χ4n) is 3.56. The van der Waals surface area contributed by atoms with Crippen molar-refractivity contribution < 1.29 is 14.3 Å². The van der Waals surface area contributed by atoms with Gasteiger partial charge in [0, 0.05) is 18.4 Å². The van der Waals surface area contributed by atoms with Crippen LogP contribution in [0.25, 0.3) is 0 Å². The van der Waals surface area contributed by atoms with E-state index >= 15 is 0 Å². The number of ketones is 1. The largest absolute Gasteiger partial charge is 0.466 e. The lowest BCUT2D eigenvalue weighted by molar-refractivity contribution is -0.136. The van der Waals surface area contributed by atoms with Gasteiger partial charge in [0.2, 0.25) is 0 Å². The van der Waals surface area contributed by atoms with Gasteiger partial charge in [-0.25, -0.2) is 4.79 Å². The van der Waals surface area contributed by atoms with Crippen molar-refractivity contribution in [2.45, 2.75) is 63.9 Å². The average Bonchev–Trinajstić information content (AvgIpc) is 2.72. The normalized spacial score (nSPS) is 18.1. The zero-order valence-corrected chi connectivity index (χ0v) is 20.9. The van der Waals surface area contributed by atoms with E-state index in [4.69, 9.17) is 4.74 Å². The Morgan fingerprint density at radius 3 is 2.30 bits per heavy atom. The van der Waals surface area contributed by atoms with E-state index in [1.54, 1.807) is 6.92 Å². The van der Waals surface area contributed by atoms with E-state index in [0.29, 0.717) is 29.9 Å². The SMILES string of the molecule is C=CCC/C(C)=C/C=C(\CC1([C@@H](CC(=O)C(=C)C)C(C)C)SCCCS1)C(=O)OC. The van der Waals surface area contributed by atoms with Gasteiger partial charge in [-0.15, -0.1) is 30.1 Å². The van der Waals surface area contributed by atoms with Crippen LogP contribution in [0, 0.1) is 11.8 Å². The highest BCUT2D eigenvalue weighted by molar-refractivity contribution is 8.18. The minimum atomic E-state index is -0.289. The van der Waals surface area contributed by atoms with Crippen LogP contribution >= 0.6 is 23.5 Å². The molecule has 0 aromatic rings. The summed E-state index contributed by atoms with van der Waals surface area (Å²) < 4.78 is 4.90. The summed E-state index contributed by atoms with van der Waals surface area (Å²) in [6.07, 6.45) is 9.88. The number of ether oxygens (including phenoxy) is 1. The summed E-state index contributed by atoms with van der Waals surface area (Å²) in [5, 5.41) is 0. The fraction of sp³-hybridized carbons (Fsp3) is 0.600. The van der Waals surface area contributed by atoms with Crippen LogP contribution in [0.1, 0.15) is 59.8 Å². The van der Waals surface area contributed by atoms with Gasteiger partial charge in [0.15, 0.2) is 5.78 Å². The maximum atomic E-state index is 12.6. The van der Waals surface area contributed by atoms with E-state index in [1.807, 2.05) is 41.8 Å². The number of Topliss-reactive ketones (excluding diaryl/α,β-unsaturated/α-hetero) is 1. The number of carbonyl (C=O) groups excluding carboxylic acids is 2. The van der Waals surface area contributed by atoms with Crippen LogP contribution in [0.15, 0.2) is 48.1 Å². The molecule has 1 saturated heterocycles. The van der Waals surface area contributed by atoms with Crippen molar-refractivity contribution in [3.8, 4) is 0 Å². The van der Waals surface area contributed by atoms with Crippen molar-refractivity contribution in [1.29, 1.82) is 0 Å². The van der Waals surface area contributed by atoms with Crippen LogP contribution in [0.2, 0.25) is 0 Å². The van der Waals surface area contributed by atoms with Gasteiger partial charge in [-0.2, -0.15) is 0 Å². The van der Waals surface area contributed by atoms with E-state index in [1.165, 1.54) is 12.7 Å². The first-order chi connectivity index (χ1) is 14.2. The molecular formula is C25H38O3S2. The summed E-state index contributed by atoms with van der Waals surface area (Å²) in [7, 11) is 1.43. The molecule has 0 aromatic heterocycles. The van der Waals surface area contributed by atoms with Crippen LogP contribution < -0.4 is 0 Å². The van der Waals surface area contributed by atoms with Gasteiger partial charge in [-0.05, 0) is 62.0 Å². The molecule has 1 aliphatic rings. The molecule has 1 aliphatic heterocycles. The molecule has 0 bridgehead atoms. The molecule has 0 unspecified atom stereocenters. The molecule has 1 heterocycles. The lowest BCUT2D eigenvalue weighted by atomic mass is 9.83. The number of thioether (sulfide) groups is 2. The molecule has 0 saturated carbocycles. The zero-order valence-electron chi connectivity index (χ0n) is 19.3. The molecule has 1 atom stereocenters. The molecule has 0 aromatic carbocycles. The van der Waals surface area contributed by atoms with Gasteiger partial charge >= 0.3 is 5.97 Å². The minimum absolute atomic E-state index is 0.114. The zero-order chi connectivity index (χ0) is 22.7. The van der Waals surface area contributed by atoms with E-state index in [0.717, 1.165) is 30.8 Å². The van der Waals surface area contributed by atoms with Crippen molar-refractivity contribution in [2.24, 2.45) is 11.8 Å². The molecule has 30 heavy (non-hydrogen) atoms. The molecule has 168 valence electrons. The van der Waals surface area contributed by atoms with Crippen LogP contribution in [0.5, 0.6) is 0 Å². The number of rotatable bonds is 12. The molecule has 0 aliphatic carbocycles. The molecule has 0 spiro atoms. The Balaban J connectivity index is 3.30. The van der Waals surface area contributed by atoms with E-state index in [9.17, 15) is 9.59 Å². The summed E-state index contributed by atoms with van der Waals surface area (Å²) in [6.45, 7) is 15.8. The van der Waals surface area contributed by atoms with Gasteiger partial charge in [0.1, 0.15) is 0 Å². The number of hydrogen-bond donors (Lipinski definition) is 0. The summed E-state index contributed by atoms with van der Waals surface area (Å²) >= 11 is 3.81. The van der Waals surface area contributed by atoms with Crippen LogP contribution in [0.4, 0.5) is 0 Å². The van der Waals surface area contributed by atoms with Crippen LogP contribution in [-0.4, -0.2) is 34.4 Å². The second-order valence-electron chi connectivity index (χ2n) is 8.32. The molecule has 0 radical (unpaired) electrons.